The molecule has 0 spiro atoms. The minimum atomic E-state index is 0.0201. The number of nitrogens with zero attached hydrogens (tertiary/aromatic N) is 1. The lowest BCUT2D eigenvalue weighted by Crippen LogP contribution is -2.44. The molecule has 1 aliphatic rings. The highest BCUT2D eigenvalue weighted by atomic mass is 16.2. The standard InChI is InChI=1S/C14H19N3O/c1-10-5-2-3-7-12(10)14(18)17-8-4-6-11(9-17)13(15)16/h2-3,5,7,11H,4,6,8-9H2,1H3,(H3,15,16)/t11-/m0/s1. The lowest BCUT2D eigenvalue weighted by molar-refractivity contribution is 0.0702. The van der Waals surface area contributed by atoms with Crippen LogP contribution in [-0.4, -0.2) is 29.7 Å². The molecule has 2 rings (SSSR count). The smallest absolute Gasteiger partial charge is 0.254 e. The molecular formula is C14H19N3O. The van der Waals surface area contributed by atoms with Crippen molar-refractivity contribution in [3.63, 3.8) is 0 Å². The van der Waals surface area contributed by atoms with Gasteiger partial charge in [0, 0.05) is 24.6 Å². The van der Waals surface area contributed by atoms with Crippen LogP contribution in [0.1, 0.15) is 28.8 Å². The number of nitrogens with one attached hydrogen (secondary N) is 1. The van der Waals surface area contributed by atoms with E-state index >= 15 is 0 Å². The summed E-state index contributed by atoms with van der Waals surface area (Å²) in [5.41, 5.74) is 7.29. The van der Waals surface area contributed by atoms with Crippen molar-refractivity contribution in [2.24, 2.45) is 11.7 Å². The van der Waals surface area contributed by atoms with Gasteiger partial charge in [0.15, 0.2) is 0 Å². The Morgan fingerprint density at radius 2 is 2.17 bits per heavy atom. The van der Waals surface area contributed by atoms with Crippen LogP contribution in [0.3, 0.4) is 0 Å². The Morgan fingerprint density at radius 3 is 2.83 bits per heavy atom. The number of hydrogen-bond acceptors (Lipinski definition) is 2. The molecule has 0 aliphatic carbocycles. The number of amides is 1. The number of carbonyl (C=O) groups is 1. The maximum Gasteiger partial charge on any atom is 0.254 e. The Bertz CT molecular complexity index is 470. The second kappa shape index (κ2) is 5.21. The monoisotopic (exact) mass is 245 g/mol. The molecule has 1 amide bonds. The number of aryl methyl sites for hydroxylation is 1. The SMILES string of the molecule is Cc1ccccc1C(=O)N1CCC[C@H](C(=N)N)C1. The number of benzene rings is 1. The predicted octanol–water partition coefficient (Wildman–Crippen LogP) is 1.78. The predicted molar refractivity (Wildman–Crippen MR) is 71.7 cm³/mol. The van der Waals surface area contributed by atoms with Crippen molar-refractivity contribution < 1.29 is 4.79 Å². The first-order valence-corrected chi connectivity index (χ1v) is 6.28. The van der Waals surface area contributed by atoms with Crippen LogP contribution >= 0.6 is 0 Å². The summed E-state index contributed by atoms with van der Waals surface area (Å²) in [5.74, 6) is 0.267. The van der Waals surface area contributed by atoms with Gasteiger partial charge in [0.05, 0.1) is 5.84 Å². The summed E-state index contributed by atoms with van der Waals surface area (Å²) >= 11 is 0. The van der Waals surface area contributed by atoms with Gasteiger partial charge in [-0.15, -0.1) is 0 Å². The molecule has 1 fully saturated rings. The average Bonchev–Trinajstić information content (AvgIpc) is 2.38. The largest absolute Gasteiger partial charge is 0.387 e. The molecule has 0 saturated carbocycles. The summed E-state index contributed by atoms with van der Waals surface area (Å²) in [6.07, 6.45) is 1.83. The van der Waals surface area contributed by atoms with E-state index in [-0.39, 0.29) is 17.7 Å². The van der Waals surface area contributed by atoms with Gasteiger partial charge < -0.3 is 10.6 Å². The van der Waals surface area contributed by atoms with Gasteiger partial charge in [-0.1, -0.05) is 18.2 Å². The topological polar surface area (TPSA) is 70.2 Å². The first-order valence-electron chi connectivity index (χ1n) is 6.28. The van der Waals surface area contributed by atoms with Gasteiger partial charge in [-0.3, -0.25) is 10.2 Å². The molecule has 0 aromatic heterocycles. The van der Waals surface area contributed by atoms with E-state index in [1.165, 1.54) is 0 Å². The molecule has 3 N–H and O–H groups in total. The van der Waals surface area contributed by atoms with Crippen LogP contribution in [-0.2, 0) is 0 Å². The molecule has 96 valence electrons. The van der Waals surface area contributed by atoms with Crippen molar-refractivity contribution in [1.82, 2.24) is 4.90 Å². The van der Waals surface area contributed by atoms with Crippen LogP contribution in [0.2, 0.25) is 0 Å². The van der Waals surface area contributed by atoms with E-state index in [0.717, 1.165) is 30.5 Å². The molecule has 0 radical (unpaired) electrons. The zero-order valence-electron chi connectivity index (χ0n) is 10.6. The molecule has 1 saturated heterocycles. The average molecular weight is 245 g/mol. The number of carbonyl (C=O) groups excluding carboxylic acids is 1. The quantitative estimate of drug-likeness (QED) is 0.616. The van der Waals surface area contributed by atoms with Crippen LogP contribution in [0.15, 0.2) is 24.3 Å². The Morgan fingerprint density at radius 1 is 1.44 bits per heavy atom. The zero-order chi connectivity index (χ0) is 13.1. The third kappa shape index (κ3) is 2.53. The van der Waals surface area contributed by atoms with Crippen molar-refractivity contribution in [3.05, 3.63) is 35.4 Å². The van der Waals surface area contributed by atoms with Gasteiger partial charge in [0.2, 0.25) is 0 Å². The third-order valence-corrected chi connectivity index (χ3v) is 3.52. The first-order chi connectivity index (χ1) is 8.59. The summed E-state index contributed by atoms with van der Waals surface area (Å²) in [7, 11) is 0. The summed E-state index contributed by atoms with van der Waals surface area (Å²) in [6.45, 7) is 3.28. The van der Waals surface area contributed by atoms with E-state index in [9.17, 15) is 4.79 Å². The van der Waals surface area contributed by atoms with Crippen molar-refractivity contribution in [1.29, 1.82) is 5.41 Å². The lowest BCUT2D eigenvalue weighted by atomic mass is 9.96. The van der Waals surface area contributed by atoms with Gasteiger partial charge in [0.1, 0.15) is 0 Å². The number of nitrogens with two attached hydrogens (primary N) is 1. The van der Waals surface area contributed by atoms with E-state index < -0.39 is 0 Å². The molecule has 18 heavy (non-hydrogen) atoms. The minimum absolute atomic E-state index is 0.0201. The van der Waals surface area contributed by atoms with E-state index in [2.05, 4.69) is 0 Å². The van der Waals surface area contributed by atoms with Gasteiger partial charge in [-0.05, 0) is 31.4 Å². The second-order valence-corrected chi connectivity index (χ2v) is 4.86. The Hall–Kier alpha value is -1.84. The van der Waals surface area contributed by atoms with Crippen molar-refractivity contribution >= 4 is 11.7 Å². The molecule has 0 unspecified atom stereocenters. The van der Waals surface area contributed by atoms with Crippen LogP contribution in [0.4, 0.5) is 0 Å². The number of hydrogen-bond donors (Lipinski definition) is 2. The molecule has 1 aliphatic heterocycles. The molecule has 4 nitrogen and oxygen atoms in total. The number of likely N-dealkylation sites (tertiary alicyclic amines) is 1. The van der Waals surface area contributed by atoms with Gasteiger partial charge >= 0.3 is 0 Å². The second-order valence-electron chi connectivity index (χ2n) is 4.86. The fraction of sp³-hybridized carbons (Fsp3) is 0.429. The molecule has 1 aromatic rings. The molecule has 1 atom stereocenters. The molecular weight excluding hydrogens is 226 g/mol. The highest BCUT2D eigenvalue weighted by Gasteiger charge is 2.26. The molecule has 1 heterocycles. The van der Waals surface area contributed by atoms with Gasteiger partial charge in [-0.2, -0.15) is 0 Å². The van der Waals surface area contributed by atoms with Crippen LogP contribution in [0.5, 0.6) is 0 Å². The van der Waals surface area contributed by atoms with Crippen LogP contribution in [0, 0.1) is 18.3 Å². The Balaban J connectivity index is 2.14. The first kappa shape index (κ1) is 12.6. The minimum Gasteiger partial charge on any atom is -0.387 e. The van der Waals surface area contributed by atoms with Crippen LogP contribution in [0.25, 0.3) is 0 Å². The Labute approximate surface area is 107 Å². The Kier molecular flexibility index (Phi) is 3.65. The van der Waals surface area contributed by atoms with E-state index in [0.29, 0.717) is 6.54 Å². The van der Waals surface area contributed by atoms with E-state index in [1.807, 2.05) is 36.1 Å². The number of piperidine rings is 1. The van der Waals surface area contributed by atoms with Crippen molar-refractivity contribution in [2.45, 2.75) is 19.8 Å². The van der Waals surface area contributed by atoms with Crippen molar-refractivity contribution in [2.75, 3.05) is 13.1 Å². The molecule has 1 aromatic carbocycles. The van der Waals surface area contributed by atoms with E-state index in [1.54, 1.807) is 0 Å². The maximum absolute atomic E-state index is 12.4. The maximum atomic E-state index is 12.4. The highest BCUT2D eigenvalue weighted by Crippen LogP contribution is 2.19. The van der Waals surface area contributed by atoms with E-state index in [4.69, 9.17) is 11.1 Å². The van der Waals surface area contributed by atoms with Crippen LogP contribution < -0.4 is 5.73 Å². The van der Waals surface area contributed by atoms with Gasteiger partial charge in [-0.25, -0.2) is 0 Å². The fourth-order valence-electron chi connectivity index (χ4n) is 2.40. The van der Waals surface area contributed by atoms with Gasteiger partial charge in [0.25, 0.3) is 5.91 Å². The summed E-state index contributed by atoms with van der Waals surface area (Å²) in [4.78, 5) is 14.2. The molecule has 4 heteroatoms. The zero-order valence-corrected chi connectivity index (χ0v) is 10.6. The highest BCUT2D eigenvalue weighted by molar-refractivity contribution is 5.96. The lowest BCUT2D eigenvalue weighted by Gasteiger charge is -2.32. The normalized spacial score (nSPS) is 19.6. The fourth-order valence-corrected chi connectivity index (χ4v) is 2.40. The summed E-state index contributed by atoms with van der Waals surface area (Å²) in [6, 6.07) is 7.61. The molecule has 0 bridgehead atoms. The van der Waals surface area contributed by atoms with Crippen molar-refractivity contribution in [3.8, 4) is 0 Å². The summed E-state index contributed by atoms with van der Waals surface area (Å²) < 4.78 is 0. The number of amidine groups is 1. The third-order valence-electron chi connectivity index (χ3n) is 3.52. The summed E-state index contributed by atoms with van der Waals surface area (Å²) in [5, 5.41) is 7.51. The number of rotatable bonds is 2.